The number of esters is 2. The molecule has 58 valence electrons. The van der Waals surface area contributed by atoms with Gasteiger partial charge in [-0.15, -0.1) is 11.8 Å². The third-order valence-corrected chi connectivity index (χ3v) is 2.58. The molecule has 2 rings (SSSR count). The maximum Gasteiger partial charge on any atom is 0.334 e. The summed E-state index contributed by atoms with van der Waals surface area (Å²) >= 11 is 1.46. The van der Waals surface area contributed by atoms with Crippen LogP contribution in [0.15, 0.2) is 4.99 Å². The van der Waals surface area contributed by atoms with Crippen molar-refractivity contribution in [1.82, 2.24) is 0 Å². The molecule has 4 nitrogen and oxygen atoms in total. The number of hydrogen-bond acceptors (Lipinski definition) is 5. The van der Waals surface area contributed by atoms with Crippen molar-refractivity contribution in [2.24, 2.45) is 10.9 Å². The van der Waals surface area contributed by atoms with E-state index >= 15 is 0 Å². The van der Waals surface area contributed by atoms with Crippen LogP contribution in [0.25, 0.3) is 0 Å². The molecule has 0 amide bonds. The van der Waals surface area contributed by atoms with Crippen molar-refractivity contribution in [2.45, 2.75) is 0 Å². The van der Waals surface area contributed by atoms with E-state index in [2.05, 4.69) is 9.73 Å². The van der Waals surface area contributed by atoms with Crippen molar-refractivity contribution in [2.75, 3.05) is 12.3 Å². The summed E-state index contributed by atoms with van der Waals surface area (Å²) in [6.07, 6.45) is 0. The summed E-state index contributed by atoms with van der Waals surface area (Å²) in [4.78, 5) is 25.4. The number of hydrogen-bond donors (Lipinski definition) is 0. The van der Waals surface area contributed by atoms with Gasteiger partial charge in [0.25, 0.3) is 0 Å². The largest absolute Gasteiger partial charge is 0.391 e. The molecule has 0 aromatic heterocycles. The number of rotatable bonds is 1. The molecular formula is C6H5NO3S. The molecular weight excluding hydrogens is 166 g/mol. The number of ether oxygens (including phenoxy) is 1. The quantitative estimate of drug-likeness (QED) is 0.406. The minimum atomic E-state index is -0.678. The summed E-state index contributed by atoms with van der Waals surface area (Å²) in [6, 6.07) is 0. The van der Waals surface area contributed by atoms with Crippen LogP contribution in [0.1, 0.15) is 0 Å². The maximum absolute atomic E-state index is 10.7. The highest BCUT2D eigenvalue weighted by molar-refractivity contribution is 8.14. The molecule has 0 radical (unpaired) electrons. The average molecular weight is 171 g/mol. The van der Waals surface area contributed by atoms with Gasteiger partial charge in [-0.1, -0.05) is 0 Å². The summed E-state index contributed by atoms with van der Waals surface area (Å²) in [7, 11) is 0. The molecule has 1 saturated heterocycles. The second kappa shape index (κ2) is 2.34. The number of thioether (sulfide) groups is 1. The Hall–Kier alpha value is -0.840. The maximum atomic E-state index is 10.7. The smallest absolute Gasteiger partial charge is 0.334 e. The van der Waals surface area contributed by atoms with E-state index in [1.165, 1.54) is 11.8 Å². The molecule has 0 atom stereocenters. The SMILES string of the molecule is O=C1OC(=O)C1C1=NCCS1. The fourth-order valence-corrected chi connectivity index (χ4v) is 1.92. The lowest BCUT2D eigenvalue weighted by molar-refractivity contribution is -0.179. The topological polar surface area (TPSA) is 55.7 Å². The van der Waals surface area contributed by atoms with E-state index in [1.807, 2.05) is 0 Å². The van der Waals surface area contributed by atoms with Gasteiger partial charge in [0.05, 0.1) is 5.04 Å². The predicted molar refractivity (Wildman–Crippen MR) is 39.3 cm³/mol. The van der Waals surface area contributed by atoms with E-state index in [0.717, 1.165) is 5.75 Å². The molecule has 0 bridgehead atoms. The van der Waals surface area contributed by atoms with Gasteiger partial charge < -0.3 is 4.74 Å². The molecule has 2 aliphatic heterocycles. The number of aliphatic imine (C=N–C) groups is 1. The third kappa shape index (κ3) is 0.956. The molecule has 5 heteroatoms. The van der Waals surface area contributed by atoms with Crippen molar-refractivity contribution < 1.29 is 14.3 Å². The second-order valence-electron chi connectivity index (χ2n) is 2.24. The summed E-state index contributed by atoms with van der Waals surface area (Å²) in [6.45, 7) is 0.705. The van der Waals surface area contributed by atoms with E-state index in [9.17, 15) is 9.59 Å². The molecule has 11 heavy (non-hydrogen) atoms. The van der Waals surface area contributed by atoms with Gasteiger partial charge in [0.2, 0.25) is 5.92 Å². The standard InChI is InChI=1S/C6H5NO3S/c8-5-3(6(9)10-5)4-7-1-2-11-4/h3H,1-2H2. The Balaban J connectivity index is 2.15. The fraction of sp³-hybridized carbons (Fsp3) is 0.500. The van der Waals surface area contributed by atoms with Gasteiger partial charge in [-0.2, -0.15) is 0 Å². The lowest BCUT2D eigenvalue weighted by Crippen LogP contribution is -2.44. The second-order valence-corrected chi connectivity index (χ2v) is 3.36. The van der Waals surface area contributed by atoms with Crippen LogP contribution in [0.3, 0.4) is 0 Å². The number of carbonyl (C=O) groups excluding carboxylic acids is 2. The first-order valence-electron chi connectivity index (χ1n) is 3.22. The number of cyclic esters (lactones) is 2. The predicted octanol–water partition coefficient (Wildman–Crippen LogP) is -0.169. The molecule has 0 unspecified atom stereocenters. The third-order valence-electron chi connectivity index (χ3n) is 1.53. The molecule has 0 N–H and O–H groups in total. The first-order valence-corrected chi connectivity index (χ1v) is 4.20. The number of carbonyl (C=O) groups is 2. The van der Waals surface area contributed by atoms with Crippen molar-refractivity contribution in [1.29, 1.82) is 0 Å². The van der Waals surface area contributed by atoms with Crippen molar-refractivity contribution >= 4 is 28.7 Å². The van der Waals surface area contributed by atoms with E-state index in [0.29, 0.717) is 11.6 Å². The van der Waals surface area contributed by atoms with Gasteiger partial charge in [0.15, 0.2) is 0 Å². The van der Waals surface area contributed by atoms with Crippen LogP contribution in [0.4, 0.5) is 0 Å². The van der Waals surface area contributed by atoms with E-state index in [-0.39, 0.29) is 0 Å². The van der Waals surface area contributed by atoms with Gasteiger partial charge >= 0.3 is 11.9 Å². The highest BCUT2D eigenvalue weighted by Crippen LogP contribution is 2.26. The zero-order valence-corrected chi connectivity index (χ0v) is 6.39. The highest BCUT2D eigenvalue weighted by Gasteiger charge is 2.46. The molecule has 0 saturated carbocycles. The first kappa shape index (κ1) is 6.84. The summed E-state index contributed by atoms with van der Waals surface area (Å²) in [5.74, 6) is -0.722. The van der Waals surface area contributed by atoms with Crippen molar-refractivity contribution in [3.8, 4) is 0 Å². The van der Waals surface area contributed by atoms with E-state index < -0.39 is 17.9 Å². The summed E-state index contributed by atoms with van der Waals surface area (Å²) in [5.41, 5.74) is 0. The lowest BCUT2D eigenvalue weighted by atomic mass is 10.1. The molecule has 1 fully saturated rings. The Morgan fingerprint density at radius 3 is 2.64 bits per heavy atom. The fourth-order valence-electron chi connectivity index (χ4n) is 0.983. The number of nitrogens with zero attached hydrogens (tertiary/aromatic N) is 1. The zero-order valence-electron chi connectivity index (χ0n) is 5.57. The van der Waals surface area contributed by atoms with Gasteiger partial charge in [-0.3, -0.25) is 14.6 Å². The van der Waals surface area contributed by atoms with Gasteiger partial charge in [0, 0.05) is 12.3 Å². The van der Waals surface area contributed by atoms with Crippen LogP contribution in [0.2, 0.25) is 0 Å². The van der Waals surface area contributed by atoms with Crippen LogP contribution >= 0.6 is 11.8 Å². The van der Waals surface area contributed by atoms with Crippen molar-refractivity contribution in [3.63, 3.8) is 0 Å². The molecule has 2 heterocycles. The Bertz CT molecular complexity index is 247. The molecule has 0 spiro atoms. The Kier molecular flexibility index (Phi) is 1.45. The Morgan fingerprint density at radius 1 is 1.45 bits per heavy atom. The van der Waals surface area contributed by atoms with E-state index in [4.69, 9.17) is 0 Å². The zero-order chi connectivity index (χ0) is 7.84. The van der Waals surface area contributed by atoms with Crippen LogP contribution < -0.4 is 0 Å². The van der Waals surface area contributed by atoms with Gasteiger partial charge in [0.1, 0.15) is 0 Å². The Morgan fingerprint density at radius 2 is 2.18 bits per heavy atom. The van der Waals surface area contributed by atoms with Gasteiger partial charge in [-0.25, -0.2) is 0 Å². The molecule has 0 aromatic rings. The van der Waals surface area contributed by atoms with Crippen LogP contribution in [0, 0.1) is 5.92 Å². The molecule has 0 aromatic carbocycles. The Labute approximate surface area is 67.0 Å². The van der Waals surface area contributed by atoms with Crippen LogP contribution in [0.5, 0.6) is 0 Å². The highest BCUT2D eigenvalue weighted by atomic mass is 32.2. The molecule has 2 aliphatic rings. The minimum Gasteiger partial charge on any atom is -0.391 e. The normalized spacial score (nSPS) is 24.5. The van der Waals surface area contributed by atoms with E-state index in [1.54, 1.807) is 0 Å². The van der Waals surface area contributed by atoms with Crippen LogP contribution in [-0.4, -0.2) is 29.3 Å². The minimum absolute atomic E-state index is 0.455. The van der Waals surface area contributed by atoms with Gasteiger partial charge in [-0.05, 0) is 0 Å². The lowest BCUT2D eigenvalue weighted by Gasteiger charge is -2.20. The first-order chi connectivity index (χ1) is 5.29. The summed E-state index contributed by atoms with van der Waals surface area (Å²) in [5, 5.41) is 0.631. The average Bonchev–Trinajstić information content (AvgIpc) is 2.39. The molecule has 0 aliphatic carbocycles. The van der Waals surface area contributed by atoms with Crippen molar-refractivity contribution in [3.05, 3.63) is 0 Å². The van der Waals surface area contributed by atoms with Crippen LogP contribution in [-0.2, 0) is 14.3 Å². The monoisotopic (exact) mass is 171 g/mol. The summed E-state index contributed by atoms with van der Waals surface area (Å²) < 4.78 is 4.19.